The summed E-state index contributed by atoms with van der Waals surface area (Å²) in [5.41, 5.74) is 0.605. The molecular formula is C15H19ClN2O2. The van der Waals surface area contributed by atoms with Gasteiger partial charge in [-0.3, -0.25) is 9.59 Å². The lowest BCUT2D eigenvalue weighted by molar-refractivity contribution is -0.150. The van der Waals surface area contributed by atoms with Crippen molar-refractivity contribution in [2.24, 2.45) is 5.41 Å². The smallest absolute Gasteiger partial charge is 0.243 e. The lowest BCUT2D eigenvalue weighted by atomic mass is 9.83. The van der Waals surface area contributed by atoms with Gasteiger partial charge in [-0.25, -0.2) is 0 Å². The van der Waals surface area contributed by atoms with Gasteiger partial charge in [-0.05, 0) is 23.1 Å². The van der Waals surface area contributed by atoms with Crippen molar-refractivity contribution in [3.63, 3.8) is 0 Å². The first-order valence-electron chi connectivity index (χ1n) is 6.60. The molecule has 0 bridgehead atoms. The fourth-order valence-corrected chi connectivity index (χ4v) is 2.73. The highest BCUT2D eigenvalue weighted by atomic mass is 35.5. The molecule has 1 atom stereocenters. The van der Waals surface area contributed by atoms with Gasteiger partial charge in [-0.2, -0.15) is 0 Å². The Kier molecular flexibility index (Phi) is 4.04. The van der Waals surface area contributed by atoms with Crippen molar-refractivity contribution < 1.29 is 9.59 Å². The van der Waals surface area contributed by atoms with Gasteiger partial charge in [-0.1, -0.05) is 44.5 Å². The minimum atomic E-state index is -0.470. The van der Waals surface area contributed by atoms with E-state index in [-0.39, 0.29) is 23.8 Å². The molecule has 5 heteroatoms. The third-order valence-corrected chi connectivity index (χ3v) is 3.59. The van der Waals surface area contributed by atoms with Gasteiger partial charge in [0.2, 0.25) is 11.8 Å². The largest absolute Gasteiger partial charge is 0.345 e. The normalized spacial score (nSPS) is 20.0. The zero-order valence-electron chi connectivity index (χ0n) is 11.9. The Bertz CT molecular complexity index is 537. The Morgan fingerprint density at radius 2 is 2.05 bits per heavy atom. The second-order valence-corrected chi connectivity index (χ2v) is 6.57. The maximum absolute atomic E-state index is 12.2. The van der Waals surface area contributed by atoms with Crippen molar-refractivity contribution in [2.75, 3.05) is 6.54 Å². The van der Waals surface area contributed by atoms with E-state index in [4.69, 9.17) is 11.6 Å². The molecule has 0 radical (unpaired) electrons. The van der Waals surface area contributed by atoms with Crippen LogP contribution in [0.4, 0.5) is 0 Å². The molecule has 1 N–H and O–H groups in total. The van der Waals surface area contributed by atoms with Crippen molar-refractivity contribution in [3.05, 3.63) is 34.9 Å². The number of hydrogen-bond acceptors (Lipinski definition) is 2. The molecule has 0 spiro atoms. The predicted octanol–water partition coefficient (Wildman–Crippen LogP) is 2.21. The summed E-state index contributed by atoms with van der Waals surface area (Å²) in [6.07, 6.45) is 0. The second kappa shape index (κ2) is 5.44. The van der Waals surface area contributed by atoms with Crippen LogP contribution in [0.2, 0.25) is 5.02 Å². The standard InChI is InChI=1S/C15H19ClN2O2/c1-15(2,3)13-14(20)17-8-12(19)18(13)9-10-5-4-6-11(16)7-10/h4-7,13H,8-9H2,1-3H3,(H,17,20). The molecule has 0 aromatic heterocycles. The number of carbonyl (C=O) groups excluding carboxylic acids is 2. The van der Waals surface area contributed by atoms with E-state index in [1.165, 1.54) is 0 Å². The number of piperazine rings is 1. The number of halogens is 1. The van der Waals surface area contributed by atoms with Crippen LogP contribution in [0, 0.1) is 5.41 Å². The number of nitrogens with one attached hydrogen (secondary N) is 1. The highest BCUT2D eigenvalue weighted by molar-refractivity contribution is 6.30. The molecule has 1 aromatic rings. The topological polar surface area (TPSA) is 49.4 Å². The van der Waals surface area contributed by atoms with Crippen molar-refractivity contribution in [3.8, 4) is 0 Å². The first-order chi connectivity index (χ1) is 9.29. The van der Waals surface area contributed by atoms with Crippen LogP contribution in [0.5, 0.6) is 0 Å². The number of benzene rings is 1. The summed E-state index contributed by atoms with van der Waals surface area (Å²) in [5, 5.41) is 3.29. The summed E-state index contributed by atoms with van der Waals surface area (Å²) in [4.78, 5) is 25.9. The molecule has 2 rings (SSSR count). The van der Waals surface area contributed by atoms with E-state index in [2.05, 4.69) is 5.32 Å². The molecule has 1 heterocycles. The highest BCUT2D eigenvalue weighted by Crippen LogP contribution is 2.28. The predicted molar refractivity (Wildman–Crippen MR) is 78.3 cm³/mol. The highest BCUT2D eigenvalue weighted by Gasteiger charge is 2.41. The van der Waals surface area contributed by atoms with Crippen LogP contribution in [-0.4, -0.2) is 29.3 Å². The minimum absolute atomic E-state index is 0.0615. The average Bonchev–Trinajstić information content (AvgIpc) is 2.32. The van der Waals surface area contributed by atoms with Crippen LogP contribution >= 0.6 is 11.6 Å². The van der Waals surface area contributed by atoms with Gasteiger partial charge in [0.05, 0.1) is 6.54 Å². The first kappa shape index (κ1) is 14.9. The number of hydrogen-bond donors (Lipinski definition) is 1. The van der Waals surface area contributed by atoms with Crippen LogP contribution in [0.25, 0.3) is 0 Å². The van der Waals surface area contributed by atoms with Crippen LogP contribution in [-0.2, 0) is 16.1 Å². The van der Waals surface area contributed by atoms with Gasteiger partial charge in [0.25, 0.3) is 0 Å². The zero-order chi connectivity index (χ0) is 14.9. The molecule has 20 heavy (non-hydrogen) atoms. The van der Waals surface area contributed by atoms with Gasteiger partial charge in [-0.15, -0.1) is 0 Å². The monoisotopic (exact) mass is 294 g/mol. The Hall–Kier alpha value is -1.55. The van der Waals surface area contributed by atoms with E-state index < -0.39 is 6.04 Å². The van der Waals surface area contributed by atoms with Crippen molar-refractivity contribution in [1.82, 2.24) is 10.2 Å². The Morgan fingerprint density at radius 3 is 2.65 bits per heavy atom. The Morgan fingerprint density at radius 1 is 1.35 bits per heavy atom. The van der Waals surface area contributed by atoms with Crippen LogP contribution in [0.15, 0.2) is 24.3 Å². The summed E-state index contributed by atoms with van der Waals surface area (Å²) in [5.74, 6) is -0.163. The van der Waals surface area contributed by atoms with Crippen LogP contribution in [0.1, 0.15) is 26.3 Å². The van der Waals surface area contributed by atoms with E-state index in [0.717, 1.165) is 5.56 Å². The summed E-state index contributed by atoms with van der Waals surface area (Å²) < 4.78 is 0. The Labute approximate surface area is 124 Å². The van der Waals surface area contributed by atoms with E-state index in [9.17, 15) is 9.59 Å². The molecular weight excluding hydrogens is 276 g/mol. The first-order valence-corrected chi connectivity index (χ1v) is 6.98. The van der Waals surface area contributed by atoms with Crippen molar-refractivity contribution in [1.29, 1.82) is 0 Å². The zero-order valence-corrected chi connectivity index (χ0v) is 12.7. The maximum atomic E-state index is 12.2. The third kappa shape index (κ3) is 3.12. The lowest BCUT2D eigenvalue weighted by Gasteiger charge is -2.42. The number of carbonyl (C=O) groups is 2. The molecule has 0 saturated carbocycles. The fraction of sp³-hybridized carbons (Fsp3) is 0.467. The molecule has 1 aliphatic heterocycles. The maximum Gasteiger partial charge on any atom is 0.243 e. The van der Waals surface area contributed by atoms with Crippen LogP contribution < -0.4 is 5.32 Å². The van der Waals surface area contributed by atoms with Gasteiger partial charge in [0, 0.05) is 11.6 Å². The average molecular weight is 295 g/mol. The van der Waals surface area contributed by atoms with Gasteiger partial charge >= 0.3 is 0 Å². The summed E-state index contributed by atoms with van der Waals surface area (Å²) in [6.45, 7) is 6.34. The van der Waals surface area contributed by atoms with Gasteiger partial charge in [0.1, 0.15) is 6.04 Å². The molecule has 4 nitrogen and oxygen atoms in total. The molecule has 0 aliphatic carbocycles. The van der Waals surface area contributed by atoms with Gasteiger partial charge in [0.15, 0.2) is 0 Å². The lowest BCUT2D eigenvalue weighted by Crippen LogP contribution is -2.62. The Balaban J connectivity index is 2.29. The number of amides is 2. The van der Waals surface area contributed by atoms with Crippen LogP contribution in [0.3, 0.4) is 0 Å². The molecule has 1 aliphatic rings. The summed E-state index contributed by atoms with van der Waals surface area (Å²) in [6, 6.07) is 6.89. The van der Waals surface area contributed by atoms with Crippen molar-refractivity contribution in [2.45, 2.75) is 33.4 Å². The molecule has 1 fully saturated rings. The minimum Gasteiger partial charge on any atom is -0.345 e. The molecule has 1 unspecified atom stereocenters. The third-order valence-electron chi connectivity index (χ3n) is 3.36. The fourth-order valence-electron chi connectivity index (χ4n) is 2.52. The van der Waals surface area contributed by atoms with E-state index >= 15 is 0 Å². The summed E-state index contributed by atoms with van der Waals surface area (Å²) in [7, 11) is 0. The van der Waals surface area contributed by atoms with Crippen molar-refractivity contribution >= 4 is 23.4 Å². The molecule has 1 aromatic carbocycles. The quantitative estimate of drug-likeness (QED) is 0.909. The van der Waals surface area contributed by atoms with E-state index in [1.807, 2.05) is 39.0 Å². The molecule has 1 saturated heterocycles. The molecule has 108 valence electrons. The van der Waals surface area contributed by atoms with E-state index in [0.29, 0.717) is 11.6 Å². The van der Waals surface area contributed by atoms with Gasteiger partial charge < -0.3 is 10.2 Å². The van der Waals surface area contributed by atoms with E-state index in [1.54, 1.807) is 11.0 Å². The molecule has 2 amide bonds. The second-order valence-electron chi connectivity index (χ2n) is 6.14. The number of nitrogens with zero attached hydrogens (tertiary/aromatic N) is 1. The SMILES string of the molecule is CC(C)(C)C1C(=O)NCC(=O)N1Cc1cccc(Cl)c1. The number of rotatable bonds is 2. The summed E-state index contributed by atoms with van der Waals surface area (Å²) >= 11 is 5.97.